The number of amidine groups is 1. The molecule has 0 unspecified atom stereocenters. The van der Waals surface area contributed by atoms with Crippen molar-refractivity contribution in [1.82, 2.24) is 0 Å². The number of nitrogens with zero attached hydrogens (tertiary/aromatic N) is 1. The van der Waals surface area contributed by atoms with Crippen LogP contribution >= 0.6 is 27.7 Å². The molecule has 0 spiro atoms. The fraction of sp³-hybridized carbons (Fsp3) is 0.417. The molecule has 1 rings (SSSR count). The second-order valence-corrected chi connectivity index (χ2v) is 5.71. The van der Waals surface area contributed by atoms with Crippen molar-refractivity contribution in [3.05, 3.63) is 28.0 Å². The van der Waals surface area contributed by atoms with E-state index in [2.05, 4.69) is 28.0 Å². The van der Waals surface area contributed by atoms with Crippen LogP contribution in [-0.2, 0) is 0 Å². The van der Waals surface area contributed by atoms with E-state index < -0.39 is 0 Å². The van der Waals surface area contributed by atoms with Crippen LogP contribution in [0.5, 0.6) is 0 Å². The molecule has 18 heavy (non-hydrogen) atoms. The molecule has 0 saturated carbocycles. The molecule has 0 aliphatic rings. The van der Waals surface area contributed by atoms with Crippen LogP contribution in [0.4, 0.5) is 4.39 Å². The highest BCUT2D eigenvalue weighted by molar-refractivity contribution is 9.10. The molecular weight excluding hydrogens is 319 g/mol. The van der Waals surface area contributed by atoms with Gasteiger partial charge in [0, 0.05) is 10.5 Å². The lowest BCUT2D eigenvalue weighted by Gasteiger charge is -2.08. The lowest BCUT2D eigenvalue weighted by Crippen LogP contribution is -2.14. The Bertz CT molecular complexity index is 440. The number of hydrogen-bond acceptors (Lipinski definition) is 3. The summed E-state index contributed by atoms with van der Waals surface area (Å²) in [5.74, 6) is 0.420. The zero-order chi connectivity index (χ0) is 13.5. The predicted molar refractivity (Wildman–Crippen MR) is 76.9 cm³/mol. The Morgan fingerprint density at radius 2 is 2.22 bits per heavy atom. The van der Waals surface area contributed by atoms with Crippen molar-refractivity contribution >= 4 is 33.5 Å². The molecule has 0 bridgehead atoms. The third-order valence-electron chi connectivity index (χ3n) is 2.44. The second-order valence-electron chi connectivity index (χ2n) is 3.78. The van der Waals surface area contributed by atoms with Crippen LogP contribution < -0.4 is 5.73 Å². The molecule has 0 aliphatic carbocycles. The standard InChI is InChI=1S/C12H16BrFN2OS/c1-2-3-4-7-18-9-6-5-8(12(15)16-17)10(13)11(9)14/h5-6,17H,2-4,7H2,1H3,(H2,15,16). The first-order valence-corrected chi connectivity index (χ1v) is 7.48. The number of nitrogens with two attached hydrogens (primary N) is 1. The fourth-order valence-corrected chi connectivity index (χ4v) is 3.07. The summed E-state index contributed by atoms with van der Waals surface area (Å²) in [5, 5.41) is 11.5. The van der Waals surface area contributed by atoms with Crippen molar-refractivity contribution in [3.63, 3.8) is 0 Å². The van der Waals surface area contributed by atoms with Crippen LogP contribution in [0.1, 0.15) is 31.7 Å². The van der Waals surface area contributed by atoms with Crippen LogP contribution in [0.15, 0.2) is 26.7 Å². The van der Waals surface area contributed by atoms with E-state index in [0.29, 0.717) is 10.5 Å². The van der Waals surface area contributed by atoms with Crippen molar-refractivity contribution in [1.29, 1.82) is 0 Å². The van der Waals surface area contributed by atoms with Gasteiger partial charge in [0.05, 0.1) is 4.47 Å². The highest BCUT2D eigenvalue weighted by Gasteiger charge is 2.14. The van der Waals surface area contributed by atoms with Gasteiger partial charge >= 0.3 is 0 Å². The number of halogens is 2. The predicted octanol–water partition coefficient (Wildman–Crippen LogP) is 3.97. The highest BCUT2D eigenvalue weighted by atomic mass is 79.9. The molecule has 0 amide bonds. The van der Waals surface area contributed by atoms with E-state index in [1.807, 2.05) is 0 Å². The fourth-order valence-electron chi connectivity index (χ4n) is 1.43. The quantitative estimate of drug-likeness (QED) is 0.207. The number of hydrogen-bond donors (Lipinski definition) is 2. The van der Waals surface area contributed by atoms with Crippen LogP contribution in [0.3, 0.4) is 0 Å². The maximum Gasteiger partial charge on any atom is 0.171 e. The molecule has 3 nitrogen and oxygen atoms in total. The molecule has 3 N–H and O–H groups in total. The largest absolute Gasteiger partial charge is 0.409 e. The van der Waals surface area contributed by atoms with Gasteiger partial charge in [0.25, 0.3) is 0 Å². The molecule has 100 valence electrons. The van der Waals surface area contributed by atoms with Gasteiger partial charge in [-0.05, 0) is 40.2 Å². The summed E-state index contributed by atoms with van der Waals surface area (Å²) in [6.45, 7) is 2.13. The van der Waals surface area contributed by atoms with E-state index in [4.69, 9.17) is 10.9 Å². The molecule has 0 heterocycles. The zero-order valence-corrected chi connectivity index (χ0v) is 12.5. The molecule has 0 radical (unpaired) electrons. The van der Waals surface area contributed by atoms with Gasteiger partial charge in [0.1, 0.15) is 0 Å². The number of thioether (sulfide) groups is 1. The van der Waals surface area contributed by atoms with E-state index in [1.54, 1.807) is 12.1 Å². The Balaban J connectivity index is 2.81. The van der Waals surface area contributed by atoms with Crippen molar-refractivity contribution in [2.75, 3.05) is 5.75 Å². The summed E-state index contributed by atoms with van der Waals surface area (Å²) in [6, 6.07) is 3.30. The minimum absolute atomic E-state index is 0.108. The van der Waals surface area contributed by atoms with Crippen molar-refractivity contribution in [2.24, 2.45) is 10.9 Å². The summed E-state index contributed by atoms with van der Waals surface area (Å²) < 4.78 is 14.2. The second kappa shape index (κ2) is 7.63. The number of benzene rings is 1. The topological polar surface area (TPSA) is 58.6 Å². The van der Waals surface area contributed by atoms with Gasteiger partial charge in [0.2, 0.25) is 0 Å². The Labute approximate surface area is 119 Å². The van der Waals surface area contributed by atoms with E-state index in [9.17, 15) is 4.39 Å². The third kappa shape index (κ3) is 3.88. The minimum Gasteiger partial charge on any atom is -0.409 e. The Morgan fingerprint density at radius 3 is 2.83 bits per heavy atom. The van der Waals surface area contributed by atoms with Crippen LogP contribution in [-0.4, -0.2) is 16.8 Å². The first-order valence-electron chi connectivity index (χ1n) is 5.70. The van der Waals surface area contributed by atoms with Crippen LogP contribution in [0.2, 0.25) is 0 Å². The third-order valence-corrected chi connectivity index (χ3v) is 4.33. The molecular formula is C12H16BrFN2OS. The maximum absolute atomic E-state index is 14.0. The Kier molecular flexibility index (Phi) is 6.49. The summed E-state index contributed by atoms with van der Waals surface area (Å²) in [5.41, 5.74) is 5.80. The van der Waals surface area contributed by atoms with Gasteiger partial charge in [-0.25, -0.2) is 4.39 Å². The summed E-state index contributed by atoms with van der Waals surface area (Å²) in [7, 11) is 0. The molecule has 0 aliphatic heterocycles. The molecule has 0 fully saturated rings. The normalized spacial score (nSPS) is 11.8. The molecule has 0 saturated heterocycles. The monoisotopic (exact) mass is 334 g/mol. The first kappa shape index (κ1) is 15.3. The Morgan fingerprint density at radius 1 is 1.50 bits per heavy atom. The molecule has 0 atom stereocenters. The number of unbranched alkanes of at least 4 members (excludes halogenated alkanes) is 2. The number of oxime groups is 1. The molecule has 0 aromatic heterocycles. The average Bonchev–Trinajstić information content (AvgIpc) is 2.38. The lowest BCUT2D eigenvalue weighted by atomic mass is 10.2. The Hall–Kier alpha value is -0.750. The van der Waals surface area contributed by atoms with Gasteiger partial charge in [-0.2, -0.15) is 0 Å². The average molecular weight is 335 g/mol. The van der Waals surface area contributed by atoms with Gasteiger partial charge in [0.15, 0.2) is 11.7 Å². The SMILES string of the molecule is CCCCCSc1ccc(/C(N)=N/O)c(Br)c1F. The first-order chi connectivity index (χ1) is 8.61. The van der Waals surface area contributed by atoms with E-state index >= 15 is 0 Å². The summed E-state index contributed by atoms with van der Waals surface area (Å²) in [6.07, 6.45) is 3.37. The molecule has 6 heteroatoms. The minimum atomic E-state index is -0.361. The summed E-state index contributed by atoms with van der Waals surface area (Å²) in [4.78, 5) is 0.576. The van der Waals surface area contributed by atoms with Gasteiger partial charge < -0.3 is 10.9 Å². The van der Waals surface area contributed by atoms with Gasteiger partial charge in [-0.15, -0.1) is 11.8 Å². The lowest BCUT2D eigenvalue weighted by molar-refractivity contribution is 0.318. The zero-order valence-electron chi connectivity index (χ0n) is 10.1. The van der Waals surface area contributed by atoms with Gasteiger partial charge in [-0.1, -0.05) is 24.9 Å². The van der Waals surface area contributed by atoms with Crippen molar-refractivity contribution in [3.8, 4) is 0 Å². The van der Waals surface area contributed by atoms with E-state index in [0.717, 1.165) is 25.0 Å². The van der Waals surface area contributed by atoms with Crippen molar-refractivity contribution in [2.45, 2.75) is 31.1 Å². The van der Waals surface area contributed by atoms with Crippen molar-refractivity contribution < 1.29 is 9.60 Å². The van der Waals surface area contributed by atoms with Gasteiger partial charge in [-0.3, -0.25) is 0 Å². The maximum atomic E-state index is 14.0. The molecule has 1 aromatic rings. The molecule has 1 aromatic carbocycles. The van der Waals surface area contributed by atoms with E-state index in [-0.39, 0.29) is 16.1 Å². The van der Waals surface area contributed by atoms with Crippen LogP contribution in [0.25, 0.3) is 0 Å². The summed E-state index contributed by atoms with van der Waals surface area (Å²) >= 11 is 4.62. The smallest absolute Gasteiger partial charge is 0.171 e. The van der Waals surface area contributed by atoms with Crippen LogP contribution in [0, 0.1) is 5.82 Å². The highest BCUT2D eigenvalue weighted by Crippen LogP contribution is 2.30. The van der Waals surface area contributed by atoms with E-state index in [1.165, 1.54) is 11.8 Å². The number of rotatable bonds is 6.